The second-order valence-electron chi connectivity index (χ2n) is 5.57. The van der Waals surface area contributed by atoms with Gasteiger partial charge < -0.3 is 10.6 Å². The van der Waals surface area contributed by atoms with Gasteiger partial charge in [-0.15, -0.1) is 0 Å². The predicted molar refractivity (Wildman–Crippen MR) is 72.2 cm³/mol. The highest BCUT2D eigenvalue weighted by Crippen LogP contribution is 2.40. The molecule has 1 aliphatic carbocycles. The van der Waals surface area contributed by atoms with Gasteiger partial charge in [-0.1, -0.05) is 25.1 Å². The van der Waals surface area contributed by atoms with Crippen LogP contribution >= 0.6 is 0 Å². The fourth-order valence-corrected chi connectivity index (χ4v) is 2.86. The number of hydrogen-bond acceptors (Lipinski definition) is 2. The highest BCUT2D eigenvalue weighted by Gasteiger charge is 2.37. The summed E-state index contributed by atoms with van der Waals surface area (Å²) in [7, 11) is 0. The van der Waals surface area contributed by atoms with Crippen LogP contribution in [0.5, 0.6) is 0 Å². The highest BCUT2D eigenvalue weighted by atomic mass is 16.2. The number of para-hydroxylation sites is 1. The lowest BCUT2D eigenvalue weighted by Crippen LogP contribution is -2.41. The van der Waals surface area contributed by atoms with Crippen LogP contribution in [0.15, 0.2) is 24.3 Å². The van der Waals surface area contributed by atoms with E-state index in [1.54, 1.807) is 0 Å². The molecule has 1 aliphatic heterocycles. The molecule has 3 rings (SSSR count). The Morgan fingerprint density at radius 3 is 2.78 bits per heavy atom. The fourth-order valence-electron chi connectivity index (χ4n) is 2.86. The molecule has 1 heterocycles. The maximum absolute atomic E-state index is 12.5. The van der Waals surface area contributed by atoms with E-state index >= 15 is 0 Å². The molecule has 96 valence electrons. The van der Waals surface area contributed by atoms with Crippen LogP contribution in [0.3, 0.4) is 0 Å². The molecule has 1 aromatic rings. The molecule has 1 fully saturated rings. The zero-order valence-corrected chi connectivity index (χ0v) is 10.8. The molecule has 2 N–H and O–H groups in total. The number of carbonyl (C=O) groups excluding carboxylic acids is 1. The predicted octanol–water partition coefficient (Wildman–Crippen LogP) is 2.47. The van der Waals surface area contributed by atoms with Gasteiger partial charge in [0.05, 0.1) is 0 Å². The molecule has 1 amide bonds. The van der Waals surface area contributed by atoms with Gasteiger partial charge in [-0.2, -0.15) is 0 Å². The molecule has 0 radical (unpaired) electrons. The van der Waals surface area contributed by atoms with Crippen molar-refractivity contribution < 1.29 is 4.79 Å². The number of fused-ring (bicyclic) bond motifs is 1. The Hall–Kier alpha value is -1.35. The molecule has 1 aromatic carbocycles. The number of benzene rings is 1. The first kappa shape index (κ1) is 11.7. The van der Waals surface area contributed by atoms with Crippen molar-refractivity contribution in [2.75, 3.05) is 11.4 Å². The Morgan fingerprint density at radius 1 is 1.33 bits per heavy atom. The van der Waals surface area contributed by atoms with E-state index in [2.05, 4.69) is 6.92 Å². The second kappa shape index (κ2) is 4.39. The van der Waals surface area contributed by atoms with Crippen LogP contribution in [0.25, 0.3) is 0 Å². The van der Waals surface area contributed by atoms with Gasteiger partial charge in [0.25, 0.3) is 0 Å². The van der Waals surface area contributed by atoms with Crippen LogP contribution in [0.1, 0.15) is 37.8 Å². The minimum Gasteiger partial charge on any atom is -0.324 e. The second-order valence-corrected chi connectivity index (χ2v) is 5.57. The van der Waals surface area contributed by atoms with Gasteiger partial charge in [-0.3, -0.25) is 4.79 Å². The van der Waals surface area contributed by atoms with E-state index in [-0.39, 0.29) is 17.9 Å². The van der Waals surface area contributed by atoms with E-state index < -0.39 is 0 Å². The lowest BCUT2D eigenvalue weighted by atomic mass is 9.95. The van der Waals surface area contributed by atoms with E-state index in [4.69, 9.17) is 5.73 Å². The molecule has 2 aliphatic rings. The van der Waals surface area contributed by atoms with Crippen molar-refractivity contribution in [1.29, 1.82) is 0 Å². The zero-order valence-electron chi connectivity index (χ0n) is 10.8. The molecule has 0 spiro atoms. The average Bonchev–Trinajstić information content (AvgIpc) is 3.22. The topological polar surface area (TPSA) is 46.3 Å². The van der Waals surface area contributed by atoms with Crippen LogP contribution in [0.2, 0.25) is 0 Å². The summed E-state index contributed by atoms with van der Waals surface area (Å²) < 4.78 is 0. The third kappa shape index (κ3) is 1.93. The maximum Gasteiger partial charge on any atom is 0.230 e. The van der Waals surface area contributed by atoms with Crippen molar-refractivity contribution >= 4 is 11.6 Å². The Labute approximate surface area is 108 Å². The first-order valence-corrected chi connectivity index (χ1v) is 6.84. The van der Waals surface area contributed by atoms with Crippen LogP contribution in [0.4, 0.5) is 5.69 Å². The number of nitrogens with two attached hydrogens (primary N) is 1. The monoisotopic (exact) mass is 244 g/mol. The zero-order chi connectivity index (χ0) is 12.7. The summed E-state index contributed by atoms with van der Waals surface area (Å²) >= 11 is 0. The molecule has 3 heteroatoms. The number of hydrogen-bond donors (Lipinski definition) is 1. The number of carbonyl (C=O) groups is 1. The SMILES string of the molecule is CC(C(=O)N1CCC(N)c2ccccc21)C1CC1. The minimum atomic E-state index is 0.0708. The van der Waals surface area contributed by atoms with E-state index in [0.29, 0.717) is 5.92 Å². The van der Waals surface area contributed by atoms with Gasteiger partial charge in [-0.25, -0.2) is 0 Å². The quantitative estimate of drug-likeness (QED) is 0.868. The van der Waals surface area contributed by atoms with Crippen molar-refractivity contribution in [2.24, 2.45) is 17.6 Å². The van der Waals surface area contributed by atoms with E-state index in [1.165, 1.54) is 12.8 Å². The average molecular weight is 244 g/mol. The summed E-state index contributed by atoms with van der Waals surface area (Å²) in [5, 5.41) is 0. The van der Waals surface area contributed by atoms with Gasteiger partial charge in [-0.05, 0) is 36.8 Å². The largest absolute Gasteiger partial charge is 0.324 e. The Morgan fingerprint density at radius 2 is 2.06 bits per heavy atom. The van der Waals surface area contributed by atoms with Gasteiger partial charge in [0, 0.05) is 24.2 Å². The first-order chi connectivity index (χ1) is 8.68. The molecule has 1 saturated carbocycles. The van der Waals surface area contributed by atoms with Crippen molar-refractivity contribution in [3.8, 4) is 0 Å². The van der Waals surface area contributed by atoms with Crippen molar-refractivity contribution in [3.63, 3.8) is 0 Å². The Balaban J connectivity index is 1.89. The standard InChI is InChI=1S/C15H20N2O/c1-10(11-6-7-11)15(18)17-9-8-13(16)12-4-2-3-5-14(12)17/h2-5,10-11,13H,6-9,16H2,1H3. The molecule has 0 bridgehead atoms. The summed E-state index contributed by atoms with van der Waals surface area (Å²) in [5.74, 6) is 1.05. The lowest BCUT2D eigenvalue weighted by Gasteiger charge is -2.34. The molecule has 3 nitrogen and oxygen atoms in total. The number of anilines is 1. The lowest BCUT2D eigenvalue weighted by molar-refractivity contribution is -0.122. The summed E-state index contributed by atoms with van der Waals surface area (Å²) in [6, 6.07) is 8.12. The molecular weight excluding hydrogens is 224 g/mol. The van der Waals surface area contributed by atoms with Crippen LogP contribution in [-0.4, -0.2) is 12.5 Å². The first-order valence-electron chi connectivity index (χ1n) is 6.84. The Bertz CT molecular complexity index is 467. The molecule has 0 aromatic heterocycles. The normalized spacial score (nSPS) is 24.6. The molecule has 18 heavy (non-hydrogen) atoms. The van der Waals surface area contributed by atoms with Crippen molar-refractivity contribution in [3.05, 3.63) is 29.8 Å². The summed E-state index contributed by atoms with van der Waals surface area (Å²) in [6.45, 7) is 2.82. The van der Waals surface area contributed by atoms with Crippen LogP contribution in [-0.2, 0) is 4.79 Å². The van der Waals surface area contributed by atoms with Crippen molar-refractivity contribution in [2.45, 2.75) is 32.2 Å². The van der Waals surface area contributed by atoms with Gasteiger partial charge in [0.1, 0.15) is 0 Å². The van der Waals surface area contributed by atoms with Crippen LogP contribution in [0, 0.1) is 11.8 Å². The molecule has 2 atom stereocenters. The fraction of sp³-hybridized carbons (Fsp3) is 0.533. The molecular formula is C15H20N2O. The summed E-state index contributed by atoms with van der Waals surface area (Å²) in [4.78, 5) is 14.5. The minimum absolute atomic E-state index is 0.0708. The van der Waals surface area contributed by atoms with Gasteiger partial charge in [0.2, 0.25) is 5.91 Å². The van der Waals surface area contributed by atoms with Crippen LogP contribution < -0.4 is 10.6 Å². The third-order valence-electron chi connectivity index (χ3n) is 4.28. The van der Waals surface area contributed by atoms with Gasteiger partial charge in [0.15, 0.2) is 0 Å². The molecule has 2 unspecified atom stereocenters. The number of amides is 1. The summed E-state index contributed by atoms with van der Waals surface area (Å²) in [5.41, 5.74) is 8.25. The van der Waals surface area contributed by atoms with E-state index in [0.717, 1.165) is 24.2 Å². The number of nitrogens with zero attached hydrogens (tertiary/aromatic N) is 1. The summed E-state index contributed by atoms with van der Waals surface area (Å²) in [6.07, 6.45) is 3.28. The van der Waals surface area contributed by atoms with E-state index in [1.807, 2.05) is 29.2 Å². The van der Waals surface area contributed by atoms with Crippen molar-refractivity contribution in [1.82, 2.24) is 0 Å². The van der Waals surface area contributed by atoms with E-state index in [9.17, 15) is 4.79 Å². The third-order valence-corrected chi connectivity index (χ3v) is 4.28. The number of rotatable bonds is 2. The highest BCUT2D eigenvalue weighted by molar-refractivity contribution is 5.96. The van der Waals surface area contributed by atoms with Gasteiger partial charge >= 0.3 is 0 Å². The maximum atomic E-state index is 12.5. The molecule has 0 saturated heterocycles. The Kier molecular flexibility index (Phi) is 2.86. The smallest absolute Gasteiger partial charge is 0.230 e.